The van der Waals surface area contributed by atoms with E-state index in [9.17, 15) is 18.0 Å². The molecule has 6 heteroatoms. The summed E-state index contributed by atoms with van der Waals surface area (Å²) in [5, 5.41) is 0. The molecule has 0 bridgehead atoms. The summed E-state index contributed by atoms with van der Waals surface area (Å²) in [6, 6.07) is 2.22. The Balaban J connectivity index is 3.51. The highest BCUT2D eigenvalue weighted by molar-refractivity contribution is 9.10. The van der Waals surface area contributed by atoms with Crippen LogP contribution in [0.1, 0.15) is 29.8 Å². The summed E-state index contributed by atoms with van der Waals surface area (Å²) in [4.78, 5) is 11.3. The maximum atomic E-state index is 12.8. The van der Waals surface area contributed by atoms with Crippen LogP contribution in [-0.4, -0.2) is 12.4 Å². The van der Waals surface area contributed by atoms with Gasteiger partial charge in [-0.3, -0.25) is 4.79 Å². The Hall–Kier alpha value is -1.04. The van der Waals surface area contributed by atoms with Gasteiger partial charge in [-0.2, -0.15) is 13.2 Å². The second-order valence-corrected chi connectivity index (χ2v) is 4.23. The second kappa shape index (κ2) is 5.08. The quantitative estimate of drug-likeness (QED) is 0.787. The van der Waals surface area contributed by atoms with Crippen LogP contribution < -0.4 is 4.74 Å². The van der Waals surface area contributed by atoms with E-state index in [1.165, 1.54) is 13.0 Å². The van der Waals surface area contributed by atoms with Crippen molar-refractivity contribution in [3.63, 3.8) is 0 Å². The largest absolute Gasteiger partial charge is 0.492 e. The first-order valence-corrected chi connectivity index (χ1v) is 5.61. The van der Waals surface area contributed by atoms with Crippen molar-refractivity contribution in [2.75, 3.05) is 6.61 Å². The SMILES string of the molecule is CCOc1c(C(C)=O)cc(Br)cc1C(F)(F)F. The van der Waals surface area contributed by atoms with Gasteiger partial charge in [0.1, 0.15) is 5.75 Å². The van der Waals surface area contributed by atoms with Gasteiger partial charge < -0.3 is 4.74 Å². The van der Waals surface area contributed by atoms with Gasteiger partial charge >= 0.3 is 6.18 Å². The minimum absolute atomic E-state index is 0.0605. The number of Topliss-reactive ketones (excluding diaryl/α,β-unsaturated/α-hetero) is 1. The zero-order valence-corrected chi connectivity index (χ0v) is 10.8. The number of alkyl halides is 3. The zero-order valence-electron chi connectivity index (χ0n) is 9.19. The highest BCUT2D eigenvalue weighted by Gasteiger charge is 2.36. The molecule has 0 radical (unpaired) electrons. The number of ketones is 1. The summed E-state index contributed by atoms with van der Waals surface area (Å²) in [6.07, 6.45) is -4.56. The van der Waals surface area contributed by atoms with Crippen LogP contribution in [0.15, 0.2) is 16.6 Å². The topological polar surface area (TPSA) is 26.3 Å². The van der Waals surface area contributed by atoms with Crippen LogP contribution in [0.25, 0.3) is 0 Å². The van der Waals surface area contributed by atoms with Crippen LogP contribution >= 0.6 is 15.9 Å². The highest BCUT2D eigenvalue weighted by atomic mass is 79.9. The van der Waals surface area contributed by atoms with Gasteiger partial charge in [0.25, 0.3) is 0 Å². The first-order chi connectivity index (χ1) is 7.77. The molecule has 0 N–H and O–H groups in total. The first-order valence-electron chi connectivity index (χ1n) is 4.81. The van der Waals surface area contributed by atoms with Crippen LogP contribution in [0.4, 0.5) is 13.2 Å². The molecule has 2 nitrogen and oxygen atoms in total. The zero-order chi connectivity index (χ0) is 13.2. The number of ether oxygens (including phenoxy) is 1. The summed E-state index contributed by atoms with van der Waals surface area (Å²) in [6.45, 7) is 2.82. The summed E-state index contributed by atoms with van der Waals surface area (Å²) in [5.41, 5.74) is -1.02. The van der Waals surface area contributed by atoms with Crippen LogP contribution in [-0.2, 0) is 6.18 Å². The van der Waals surface area contributed by atoms with Gasteiger partial charge in [-0.15, -0.1) is 0 Å². The Labute approximate surface area is 105 Å². The third kappa shape index (κ3) is 3.21. The van der Waals surface area contributed by atoms with Crippen LogP contribution in [0.2, 0.25) is 0 Å². The molecular formula is C11H10BrF3O2. The number of benzene rings is 1. The van der Waals surface area contributed by atoms with Crippen molar-refractivity contribution >= 4 is 21.7 Å². The molecule has 0 saturated carbocycles. The molecule has 94 valence electrons. The first kappa shape index (κ1) is 14.0. The lowest BCUT2D eigenvalue weighted by molar-refractivity contribution is -0.139. The van der Waals surface area contributed by atoms with E-state index in [1.54, 1.807) is 6.92 Å². The molecule has 0 fully saturated rings. The molecule has 1 aromatic carbocycles. The van der Waals surface area contributed by atoms with E-state index in [0.717, 1.165) is 6.07 Å². The number of carbonyl (C=O) groups excluding carboxylic acids is 1. The fourth-order valence-electron chi connectivity index (χ4n) is 1.37. The minimum Gasteiger partial charge on any atom is -0.492 e. The molecule has 0 saturated heterocycles. The van der Waals surface area contributed by atoms with E-state index in [1.807, 2.05) is 0 Å². The number of halogens is 4. The smallest absolute Gasteiger partial charge is 0.420 e. The van der Waals surface area contributed by atoms with Crippen molar-refractivity contribution < 1.29 is 22.7 Å². The Bertz CT molecular complexity index is 441. The molecule has 0 atom stereocenters. The fraction of sp³-hybridized carbons (Fsp3) is 0.364. The Morgan fingerprint density at radius 2 is 2.00 bits per heavy atom. The average molecular weight is 311 g/mol. The van der Waals surface area contributed by atoms with E-state index in [2.05, 4.69) is 15.9 Å². The van der Waals surface area contributed by atoms with Crippen molar-refractivity contribution in [1.82, 2.24) is 0 Å². The molecule has 1 rings (SSSR count). The molecule has 0 spiro atoms. The van der Waals surface area contributed by atoms with Crippen molar-refractivity contribution in [3.05, 3.63) is 27.7 Å². The van der Waals surface area contributed by atoms with Gasteiger partial charge in [0.05, 0.1) is 17.7 Å². The molecule has 1 aromatic rings. The molecule has 0 amide bonds. The third-order valence-electron chi connectivity index (χ3n) is 2.03. The summed E-state index contributed by atoms with van der Waals surface area (Å²) < 4.78 is 43.5. The number of carbonyl (C=O) groups is 1. The highest BCUT2D eigenvalue weighted by Crippen LogP contribution is 2.40. The van der Waals surface area contributed by atoms with Crippen LogP contribution in [0.5, 0.6) is 5.75 Å². The van der Waals surface area contributed by atoms with E-state index < -0.39 is 23.3 Å². The predicted octanol–water partition coefficient (Wildman–Crippen LogP) is 4.07. The monoisotopic (exact) mass is 310 g/mol. The molecule has 0 unspecified atom stereocenters. The molecular weight excluding hydrogens is 301 g/mol. The average Bonchev–Trinajstić information content (AvgIpc) is 2.18. The van der Waals surface area contributed by atoms with Gasteiger partial charge in [-0.25, -0.2) is 0 Å². The van der Waals surface area contributed by atoms with E-state index >= 15 is 0 Å². The molecule has 0 aromatic heterocycles. The van der Waals surface area contributed by atoms with Crippen molar-refractivity contribution in [2.45, 2.75) is 20.0 Å². The van der Waals surface area contributed by atoms with Gasteiger partial charge in [-0.05, 0) is 26.0 Å². The Kier molecular flexibility index (Phi) is 4.19. The maximum Gasteiger partial charge on any atom is 0.420 e. The van der Waals surface area contributed by atoms with Crippen LogP contribution in [0, 0.1) is 0 Å². The maximum absolute atomic E-state index is 12.8. The molecule has 0 heterocycles. The second-order valence-electron chi connectivity index (χ2n) is 3.32. The van der Waals surface area contributed by atoms with E-state index in [-0.39, 0.29) is 16.6 Å². The number of rotatable bonds is 3. The van der Waals surface area contributed by atoms with Gasteiger partial charge in [0.2, 0.25) is 0 Å². The lowest BCUT2D eigenvalue weighted by Crippen LogP contribution is -2.12. The molecule has 17 heavy (non-hydrogen) atoms. The van der Waals surface area contributed by atoms with Gasteiger partial charge in [-0.1, -0.05) is 15.9 Å². The lowest BCUT2D eigenvalue weighted by Gasteiger charge is -2.16. The fourth-order valence-corrected chi connectivity index (χ4v) is 1.82. The van der Waals surface area contributed by atoms with Crippen molar-refractivity contribution in [1.29, 1.82) is 0 Å². The molecule has 0 aliphatic carbocycles. The van der Waals surface area contributed by atoms with E-state index in [0.29, 0.717) is 0 Å². The van der Waals surface area contributed by atoms with Crippen molar-refractivity contribution in [2.24, 2.45) is 0 Å². The number of hydrogen-bond donors (Lipinski definition) is 0. The summed E-state index contributed by atoms with van der Waals surface area (Å²) in [5.74, 6) is -0.879. The predicted molar refractivity (Wildman–Crippen MR) is 60.3 cm³/mol. The van der Waals surface area contributed by atoms with Crippen molar-refractivity contribution in [3.8, 4) is 5.75 Å². The molecule has 0 aliphatic heterocycles. The Morgan fingerprint density at radius 3 is 2.41 bits per heavy atom. The molecule has 0 aliphatic rings. The standard InChI is InChI=1S/C11H10BrF3O2/c1-3-17-10-8(6(2)16)4-7(12)5-9(10)11(13,14)15/h4-5H,3H2,1-2H3. The van der Waals surface area contributed by atoms with Crippen LogP contribution in [0.3, 0.4) is 0 Å². The normalized spacial score (nSPS) is 11.4. The number of hydrogen-bond acceptors (Lipinski definition) is 2. The summed E-state index contributed by atoms with van der Waals surface area (Å²) >= 11 is 2.95. The van der Waals surface area contributed by atoms with Gasteiger partial charge in [0.15, 0.2) is 5.78 Å². The third-order valence-corrected chi connectivity index (χ3v) is 2.48. The Morgan fingerprint density at radius 1 is 1.41 bits per heavy atom. The van der Waals surface area contributed by atoms with Gasteiger partial charge in [0, 0.05) is 4.47 Å². The lowest BCUT2D eigenvalue weighted by atomic mass is 10.1. The summed E-state index contributed by atoms with van der Waals surface area (Å²) in [7, 11) is 0. The van der Waals surface area contributed by atoms with E-state index in [4.69, 9.17) is 4.74 Å². The minimum atomic E-state index is -4.56.